The third-order valence-electron chi connectivity index (χ3n) is 4.00. The van der Waals surface area contributed by atoms with E-state index in [4.69, 9.17) is 4.74 Å². The van der Waals surface area contributed by atoms with Crippen molar-refractivity contribution >= 4 is 41.1 Å². The predicted molar refractivity (Wildman–Crippen MR) is 117 cm³/mol. The molecule has 4 N–H and O–H groups in total. The van der Waals surface area contributed by atoms with Crippen molar-refractivity contribution in [1.29, 1.82) is 0 Å². The topological polar surface area (TPSA) is 143 Å². The summed E-state index contributed by atoms with van der Waals surface area (Å²) in [6, 6.07) is 12.5. The van der Waals surface area contributed by atoms with Gasteiger partial charge in [0, 0.05) is 31.8 Å². The lowest BCUT2D eigenvalue weighted by atomic mass is 10.1. The quantitative estimate of drug-likeness (QED) is 0.486. The van der Waals surface area contributed by atoms with Crippen molar-refractivity contribution in [3.05, 3.63) is 59.7 Å². The molecular weight excluding hydrogens is 416 g/mol. The van der Waals surface area contributed by atoms with E-state index in [0.29, 0.717) is 0 Å². The van der Waals surface area contributed by atoms with Crippen molar-refractivity contribution in [1.82, 2.24) is 10.6 Å². The molecule has 0 fully saturated rings. The fourth-order valence-electron chi connectivity index (χ4n) is 2.61. The van der Waals surface area contributed by atoms with Crippen molar-refractivity contribution in [2.24, 2.45) is 0 Å². The molecule has 2 aromatic carbocycles. The first-order valence-electron chi connectivity index (χ1n) is 9.68. The molecule has 0 unspecified atom stereocenters. The van der Waals surface area contributed by atoms with Gasteiger partial charge in [-0.15, -0.1) is 0 Å². The highest BCUT2D eigenvalue weighted by Gasteiger charge is 2.21. The largest absolute Gasteiger partial charge is 0.449 e. The number of imide groups is 1. The van der Waals surface area contributed by atoms with E-state index in [-0.39, 0.29) is 35.3 Å². The lowest BCUT2D eigenvalue weighted by molar-refractivity contribution is -0.128. The minimum atomic E-state index is -1.28. The number of rotatable bonds is 7. The number of carbonyl (C=O) groups excluding carboxylic acids is 5. The standard InChI is InChI=1S/C22H24N4O6/c1-13(20(29)26-22(31)23-12-16-7-5-4-6-8-16)32-21(30)17-9-18(24-14(2)27)11-19(10-17)25-15(3)28/h4-11,13H,12H2,1-3H3,(H,24,27)(H,25,28)(H2,23,26,29,31)/t13-/m1/s1. The summed E-state index contributed by atoms with van der Waals surface area (Å²) in [5, 5.41) is 9.66. The van der Waals surface area contributed by atoms with Gasteiger partial charge in [-0.3, -0.25) is 19.7 Å². The third-order valence-corrected chi connectivity index (χ3v) is 4.00. The Hall–Kier alpha value is -4.21. The molecular formula is C22H24N4O6. The van der Waals surface area contributed by atoms with E-state index >= 15 is 0 Å². The van der Waals surface area contributed by atoms with Gasteiger partial charge in [0.05, 0.1) is 5.56 Å². The molecule has 5 amide bonds. The number of esters is 1. The summed E-state index contributed by atoms with van der Waals surface area (Å²) in [6.07, 6.45) is -1.28. The Kier molecular flexibility index (Phi) is 8.46. The fourth-order valence-corrected chi connectivity index (χ4v) is 2.61. The number of nitrogens with one attached hydrogen (secondary N) is 4. The summed E-state index contributed by atoms with van der Waals surface area (Å²) >= 11 is 0. The predicted octanol–water partition coefficient (Wildman–Crippen LogP) is 2.17. The molecule has 1 atom stereocenters. The van der Waals surface area contributed by atoms with E-state index in [1.54, 1.807) is 0 Å². The van der Waals surface area contributed by atoms with Gasteiger partial charge in [0.2, 0.25) is 11.8 Å². The van der Waals surface area contributed by atoms with Gasteiger partial charge >= 0.3 is 12.0 Å². The Balaban J connectivity index is 1.99. The average molecular weight is 440 g/mol. The zero-order chi connectivity index (χ0) is 23.7. The van der Waals surface area contributed by atoms with Crippen LogP contribution in [0.15, 0.2) is 48.5 Å². The highest BCUT2D eigenvalue weighted by Crippen LogP contribution is 2.20. The van der Waals surface area contributed by atoms with Crippen LogP contribution in [0.25, 0.3) is 0 Å². The first-order valence-corrected chi connectivity index (χ1v) is 9.68. The van der Waals surface area contributed by atoms with Crippen LogP contribution in [0.2, 0.25) is 0 Å². The van der Waals surface area contributed by atoms with Crippen molar-refractivity contribution in [2.75, 3.05) is 10.6 Å². The molecule has 0 spiro atoms. The molecule has 0 aliphatic carbocycles. The van der Waals surface area contributed by atoms with Gasteiger partial charge in [-0.25, -0.2) is 9.59 Å². The number of amides is 5. The number of carbonyl (C=O) groups is 5. The second-order valence-electron chi connectivity index (χ2n) is 6.87. The Morgan fingerprint density at radius 3 is 1.97 bits per heavy atom. The summed E-state index contributed by atoms with van der Waals surface area (Å²) in [5.41, 5.74) is 1.36. The van der Waals surface area contributed by atoms with Crippen molar-refractivity contribution in [3.63, 3.8) is 0 Å². The molecule has 2 aromatic rings. The minimum Gasteiger partial charge on any atom is -0.449 e. The normalized spacial score (nSPS) is 11.0. The molecule has 10 nitrogen and oxygen atoms in total. The van der Waals surface area contributed by atoms with E-state index in [1.807, 2.05) is 30.3 Å². The number of benzene rings is 2. The molecule has 2 rings (SSSR count). The highest BCUT2D eigenvalue weighted by atomic mass is 16.5. The van der Waals surface area contributed by atoms with Crippen LogP contribution in [0.5, 0.6) is 0 Å². The van der Waals surface area contributed by atoms with Gasteiger partial charge in [-0.2, -0.15) is 0 Å². The Morgan fingerprint density at radius 2 is 1.44 bits per heavy atom. The molecule has 32 heavy (non-hydrogen) atoms. The summed E-state index contributed by atoms with van der Waals surface area (Å²) in [6.45, 7) is 4.11. The molecule has 0 aliphatic rings. The van der Waals surface area contributed by atoms with Crippen LogP contribution in [0.1, 0.15) is 36.7 Å². The average Bonchev–Trinajstić information content (AvgIpc) is 2.71. The molecule has 0 bridgehead atoms. The smallest absolute Gasteiger partial charge is 0.339 e. The maximum absolute atomic E-state index is 12.5. The van der Waals surface area contributed by atoms with E-state index in [2.05, 4.69) is 21.3 Å². The summed E-state index contributed by atoms with van der Waals surface area (Å²) in [4.78, 5) is 59.3. The number of urea groups is 1. The SMILES string of the molecule is CC(=O)Nc1cc(NC(C)=O)cc(C(=O)O[C@H](C)C(=O)NC(=O)NCc2ccccc2)c1. The lowest BCUT2D eigenvalue weighted by Gasteiger charge is -2.15. The highest BCUT2D eigenvalue weighted by molar-refractivity contribution is 6.00. The van der Waals surface area contributed by atoms with Crippen LogP contribution >= 0.6 is 0 Å². The third kappa shape index (κ3) is 7.90. The van der Waals surface area contributed by atoms with E-state index < -0.39 is 24.0 Å². The number of hydrogen-bond donors (Lipinski definition) is 4. The second-order valence-corrected chi connectivity index (χ2v) is 6.87. The molecule has 0 saturated heterocycles. The Morgan fingerprint density at radius 1 is 0.875 bits per heavy atom. The van der Waals surface area contributed by atoms with Crippen LogP contribution in [0.3, 0.4) is 0 Å². The molecule has 0 aromatic heterocycles. The summed E-state index contributed by atoms with van der Waals surface area (Å²) < 4.78 is 5.13. The molecule has 0 aliphatic heterocycles. The van der Waals surface area contributed by atoms with Crippen LogP contribution in [-0.2, 0) is 25.7 Å². The van der Waals surface area contributed by atoms with Crippen molar-refractivity contribution in [3.8, 4) is 0 Å². The van der Waals surface area contributed by atoms with Crippen LogP contribution in [0.4, 0.5) is 16.2 Å². The Bertz CT molecular complexity index is 988. The molecule has 0 saturated carbocycles. The van der Waals surface area contributed by atoms with Crippen molar-refractivity contribution in [2.45, 2.75) is 33.4 Å². The van der Waals surface area contributed by atoms with Crippen LogP contribution in [-0.4, -0.2) is 35.8 Å². The Labute approximate surface area is 184 Å². The first kappa shape index (κ1) is 24.1. The number of anilines is 2. The van der Waals surface area contributed by atoms with Gasteiger partial charge in [-0.05, 0) is 30.7 Å². The zero-order valence-electron chi connectivity index (χ0n) is 17.9. The van der Waals surface area contributed by atoms with Crippen LogP contribution in [0, 0.1) is 0 Å². The maximum Gasteiger partial charge on any atom is 0.339 e. The summed E-state index contributed by atoms with van der Waals surface area (Å²) in [7, 11) is 0. The van der Waals surface area contributed by atoms with Gasteiger partial charge < -0.3 is 20.7 Å². The summed E-state index contributed by atoms with van der Waals surface area (Å²) in [5.74, 6) is -2.45. The number of ether oxygens (including phenoxy) is 1. The maximum atomic E-state index is 12.5. The monoisotopic (exact) mass is 440 g/mol. The zero-order valence-corrected chi connectivity index (χ0v) is 17.9. The molecule has 168 valence electrons. The molecule has 0 radical (unpaired) electrons. The van der Waals surface area contributed by atoms with Gasteiger partial charge in [0.15, 0.2) is 6.10 Å². The van der Waals surface area contributed by atoms with E-state index in [0.717, 1.165) is 5.56 Å². The molecule has 0 heterocycles. The molecule has 10 heteroatoms. The van der Waals surface area contributed by atoms with E-state index in [9.17, 15) is 24.0 Å². The number of hydrogen-bond acceptors (Lipinski definition) is 6. The van der Waals surface area contributed by atoms with Crippen LogP contribution < -0.4 is 21.3 Å². The minimum absolute atomic E-state index is 0.00632. The first-order chi connectivity index (χ1) is 15.1. The second kappa shape index (κ2) is 11.3. The fraction of sp³-hybridized carbons (Fsp3) is 0.227. The van der Waals surface area contributed by atoms with E-state index in [1.165, 1.54) is 39.0 Å². The van der Waals surface area contributed by atoms with Gasteiger partial charge in [0.25, 0.3) is 5.91 Å². The van der Waals surface area contributed by atoms with Crippen molar-refractivity contribution < 1.29 is 28.7 Å². The van der Waals surface area contributed by atoms with Gasteiger partial charge in [0.1, 0.15) is 0 Å². The van der Waals surface area contributed by atoms with Gasteiger partial charge in [-0.1, -0.05) is 30.3 Å². The lowest BCUT2D eigenvalue weighted by Crippen LogP contribution is -2.44.